The predicted octanol–water partition coefficient (Wildman–Crippen LogP) is 4.40. The number of benzene rings is 2. The van der Waals surface area contributed by atoms with E-state index in [9.17, 15) is 9.59 Å². The van der Waals surface area contributed by atoms with Crippen LogP contribution >= 0.6 is 11.6 Å². The molecule has 2 heterocycles. The van der Waals surface area contributed by atoms with Gasteiger partial charge in [-0.2, -0.15) is 4.98 Å². The molecule has 1 aliphatic heterocycles. The SMILES string of the molecule is CC(=O)OC(C(=O)N1CCC(c2nc(-c3ccc(Cl)cc3)no2)CC1)c1ccccc1. The van der Waals surface area contributed by atoms with Crippen molar-refractivity contribution >= 4 is 23.5 Å². The summed E-state index contributed by atoms with van der Waals surface area (Å²) in [6.45, 7) is 2.35. The Balaban J connectivity index is 1.41. The Labute approximate surface area is 185 Å². The summed E-state index contributed by atoms with van der Waals surface area (Å²) in [7, 11) is 0. The van der Waals surface area contributed by atoms with Gasteiger partial charge in [0.05, 0.1) is 0 Å². The number of halogens is 1. The highest BCUT2D eigenvalue weighted by molar-refractivity contribution is 6.30. The standard InChI is InChI=1S/C23H22ClN3O4/c1-15(28)30-20(16-5-3-2-4-6-16)23(29)27-13-11-18(12-14-27)22-25-21(26-31-22)17-7-9-19(24)10-8-17/h2-10,18,20H,11-14H2,1H3. The van der Waals surface area contributed by atoms with Gasteiger partial charge < -0.3 is 14.2 Å². The van der Waals surface area contributed by atoms with E-state index in [0.717, 1.165) is 5.56 Å². The smallest absolute Gasteiger partial charge is 0.303 e. The van der Waals surface area contributed by atoms with Crippen LogP contribution in [0, 0.1) is 0 Å². The zero-order valence-electron chi connectivity index (χ0n) is 17.0. The van der Waals surface area contributed by atoms with E-state index in [4.69, 9.17) is 20.9 Å². The van der Waals surface area contributed by atoms with Gasteiger partial charge in [0.1, 0.15) is 0 Å². The number of piperidine rings is 1. The van der Waals surface area contributed by atoms with Gasteiger partial charge in [0.25, 0.3) is 5.91 Å². The molecule has 0 aliphatic carbocycles. The fourth-order valence-corrected chi connectivity index (χ4v) is 3.81. The molecule has 1 aromatic heterocycles. The van der Waals surface area contributed by atoms with Crippen LogP contribution in [0.3, 0.4) is 0 Å². The Kier molecular flexibility index (Phi) is 6.32. The minimum absolute atomic E-state index is 0.0708. The van der Waals surface area contributed by atoms with E-state index in [1.54, 1.807) is 29.2 Å². The maximum Gasteiger partial charge on any atom is 0.303 e. The van der Waals surface area contributed by atoms with Crippen LogP contribution in [0.2, 0.25) is 5.02 Å². The molecular weight excluding hydrogens is 418 g/mol. The zero-order valence-corrected chi connectivity index (χ0v) is 17.8. The number of ether oxygens (including phenoxy) is 1. The minimum Gasteiger partial charge on any atom is -0.447 e. The predicted molar refractivity (Wildman–Crippen MR) is 114 cm³/mol. The fraction of sp³-hybridized carbons (Fsp3) is 0.304. The molecule has 1 fully saturated rings. The quantitative estimate of drug-likeness (QED) is 0.548. The van der Waals surface area contributed by atoms with E-state index >= 15 is 0 Å². The lowest BCUT2D eigenvalue weighted by molar-refractivity contribution is -0.159. The lowest BCUT2D eigenvalue weighted by Gasteiger charge is -2.32. The molecule has 1 saturated heterocycles. The number of hydrogen-bond donors (Lipinski definition) is 0. The summed E-state index contributed by atoms with van der Waals surface area (Å²) < 4.78 is 10.8. The average Bonchev–Trinajstić information content (AvgIpc) is 3.28. The van der Waals surface area contributed by atoms with Crippen LogP contribution < -0.4 is 0 Å². The van der Waals surface area contributed by atoms with Gasteiger partial charge >= 0.3 is 5.97 Å². The first-order valence-corrected chi connectivity index (χ1v) is 10.5. The van der Waals surface area contributed by atoms with E-state index in [0.29, 0.717) is 48.2 Å². The van der Waals surface area contributed by atoms with Gasteiger partial charge in [0.15, 0.2) is 0 Å². The highest BCUT2D eigenvalue weighted by Gasteiger charge is 2.33. The van der Waals surface area contributed by atoms with Crippen molar-refractivity contribution in [2.24, 2.45) is 0 Å². The van der Waals surface area contributed by atoms with Crippen molar-refractivity contribution in [2.75, 3.05) is 13.1 Å². The van der Waals surface area contributed by atoms with Gasteiger partial charge in [-0.15, -0.1) is 0 Å². The largest absolute Gasteiger partial charge is 0.447 e. The zero-order chi connectivity index (χ0) is 21.8. The van der Waals surface area contributed by atoms with Gasteiger partial charge in [-0.25, -0.2) is 0 Å². The van der Waals surface area contributed by atoms with E-state index < -0.39 is 12.1 Å². The molecule has 4 rings (SSSR count). The molecule has 1 atom stereocenters. The highest BCUT2D eigenvalue weighted by atomic mass is 35.5. The van der Waals surface area contributed by atoms with Crippen LogP contribution in [0.1, 0.15) is 43.2 Å². The molecular formula is C23H22ClN3O4. The number of likely N-dealkylation sites (tertiary alicyclic amines) is 1. The van der Waals surface area contributed by atoms with Crippen LogP contribution in [-0.2, 0) is 14.3 Å². The molecule has 31 heavy (non-hydrogen) atoms. The lowest BCUT2D eigenvalue weighted by Crippen LogP contribution is -2.41. The number of rotatable bonds is 5. The number of esters is 1. The molecule has 7 nitrogen and oxygen atoms in total. The molecule has 0 radical (unpaired) electrons. The maximum atomic E-state index is 13.1. The molecule has 1 aliphatic rings. The summed E-state index contributed by atoms with van der Waals surface area (Å²) in [5.74, 6) is 0.451. The van der Waals surface area contributed by atoms with Gasteiger partial charge in [-0.1, -0.05) is 47.1 Å². The van der Waals surface area contributed by atoms with Crippen LogP contribution in [0.4, 0.5) is 0 Å². The Bertz CT molecular complexity index is 1040. The van der Waals surface area contributed by atoms with E-state index in [-0.39, 0.29) is 11.8 Å². The van der Waals surface area contributed by atoms with Gasteiger partial charge in [0, 0.05) is 42.1 Å². The molecule has 3 aromatic rings. The topological polar surface area (TPSA) is 85.5 Å². The highest BCUT2D eigenvalue weighted by Crippen LogP contribution is 2.31. The third-order valence-electron chi connectivity index (χ3n) is 5.31. The van der Waals surface area contributed by atoms with Crippen LogP contribution in [0.5, 0.6) is 0 Å². The summed E-state index contributed by atoms with van der Waals surface area (Å²) in [4.78, 5) is 30.9. The molecule has 2 aromatic carbocycles. The second-order valence-corrected chi connectivity index (χ2v) is 7.90. The van der Waals surface area contributed by atoms with Crippen molar-refractivity contribution < 1.29 is 18.8 Å². The molecule has 1 unspecified atom stereocenters. The molecule has 0 spiro atoms. The fourth-order valence-electron chi connectivity index (χ4n) is 3.68. The van der Waals surface area contributed by atoms with Crippen molar-refractivity contribution in [2.45, 2.75) is 31.8 Å². The van der Waals surface area contributed by atoms with Crippen molar-refractivity contribution in [3.63, 3.8) is 0 Å². The van der Waals surface area contributed by atoms with Crippen molar-refractivity contribution in [1.82, 2.24) is 15.0 Å². The number of nitrogens with zero attached hydrogens (tertiary/aromatic N) is 3. The Morgan fingerprint density at radius 1 is 1.10 bits per heavy atom. The first-order chi connectivity index (χ1) is 15.0. The van der Waals surface area contributed by atoms with Gasteiger partial charge in [-0.05, 0) is 37.1 Å². The second-order valence-electron chi connectivity index (χ2n) is 7.46. The summed E-state index contributed by atoms with van der Waals surface area (Å²) in [6, 6.07) is 16.3. The first kappa shape index (κ1) is 21.1. The molecule has 160 valence electrons. The summed E-state index contributed by atoms with van der Waals surface area (Å²) in [6.07, 6.45) is 0.445. The lowest BCUT2D eigenvalue weighted by atomic mass is 9.96. The van der Waals surface area contributed by atoms with Crippen LogP contribution in [0.15, 0.2) is 59.1 Å². The van der Waals surface area contributed by atoms with Gasteiger partial charge in [0.2, 0.25) is 17.8 Å². The van der Waals surface area contributed by atoms with Crippen LogP contribution in [-0.4, -0.2) is 40.0 Å². The Morgan fingerprint density at radius 3 is 2.42 bits per heavy atom. The van der Waals surface area contributed by atoms with Crippen molar-refractivity contribution in [3.05, 3.63) is 71.1 Å². The number of carbonyl (C=O) groups is 2. The van der Waals surface area contributed by atoms with E-state index in [1.165, 1.54) is 6.92 Å². The number of hydrogen-bond acceptors (Lipinski definition) is 6. The van der Waals surface area contributed by atoms with Crippen molar-refractivity contribution in [1.29, 1.82) is 0 Å². The maximum absolute atomic E-state index is 13.1. The monoisotopic (exact) mass is 439 g/mol. The normalized spacial score (nSPS) is 15.5. The third-order valence-corrected chi connectivity index (χ3v) is 5.56. The average molecular weight is 440 g/mol. The Hall–Kier alpha value is -3.19. The van der Waals surface area contributed by atoms with E-state index in [1.807, 2.05) is 30.3 Å². The Morgan fingerprint density at radius 2 is 1.77 bits per heavy atom. The van der Waals surface area contributed by atoms with Crippen LogP contribution in [0.25, 0.3) is 11.4 Å². The summed E-state index contributed by atoms with van der Waals surface area (Å²) in [5, 5.41) is 4.72. The first-order valence-electron chi connectivity index (χ1n) is 10.1. The third kappa shape index (κ3) is 4.94. The molecule has 0 bridgehead atoms. The molecule has 8 heteroatoms. The van der Waals surface area contributed by atoms with E-state index in [2.05, 4.69) is 10.1 Å². The molecule has 1 amide bonds. The molecule has 0 N–H and O–H groups in total. The van der Waals surface area contributed by atoms with Gasteiger partial charge in [-0.3, -0.25) is 9.59 Å². The second kappa shape index (κ2) is 9.31. The summed E-state index contributed by atoms with van der Waals surface area (Å²) >= 11 is 5.93. The number of aromatic nitrogens is 2. The van der Waals surface area contributed by atoms with Crippen molar-refractivity contribution in [3.8, 4) is 11.4 Å². The number of amides is 1. The molecule has 0 saturated carbocycles. The minimum atomic E-state index is -0.935. The number of carbonyl (C=O) groups excluding carboxylic acids is 2. The summed E-state index contributed by atoms with van der Waals surface area (Å²) in [5.41, 5.74) is 1.49.